The monoisotopic (exact) mass is 287 g/mol. The van der Waals surface area contributed by atoms with Gasteiger partial charge in [0.1, 0.15) is 11.6 Å². The van der Waals surface area contributed by atoms with Gasteiger partial charge in [0.2, 0.25) is 0 Å². The number of nitrogens with zero attached hydrogens (tertiary/aromatic N) is 3. The highest BCUT2D eigenvalue weighted by molar-refractivity contribution is 5.91. The van der Waals surface area contributed by atoms with Crippen LogP contribution in [-0.2, 0) is 6.54 Å². The molecule has 1 aromatic heterocycles. The Morgan fingerprint density at radius 2 is 2.05 bits per heavy atom. The highest BCUT2D eigenvalue weighted by Gasteiger charge is 2.10. The Kier molecular flexibility index (Phi) is 4.22. The molecule has 7 heteroatoms. The number of benzene rings is 1. The van der Waals surface area contributed by atoms with Crippen molar-refractivity contribution in [2.75, 3.05) is 25.1 Å². The Bertz CT molecular complexity index is 640. The van der Waals surface area contributed by atoms with Gasteiger partial charge in [0.25, 0.3) is 5.91 Å². The Hall–Kier alpha value is -2.83. The largest absolute Gasteiger partial charge is 0.508 e. The summed E-state index contributed by atoms with van der Waals surface area (Å²) in [5, 5.41) is 20.5. The summed E-state index contributed by atoms with van der Waals surface area (Å²) in [5.41, 5.74) is 7.17. The molecule has 1 aromatic carbocycles. The van der Waals surface area contributed by atoms with Crippen LogP contribution in [0.2, 0.25) is 0 Å². The van der Waals surface area contributed by atoms with E-state index in [1.54, 1.807) is 38.4 Å². The zero-order valence-corrected chi connectivity index (χ0v) is 11.9. The first-order valence-corrected chi connectivity index (χ1v) is 6.34. The molecule has 0 saturated carbocycles. The number of carbonyl (C=O) groups excluding carboxylic acids is 1. The van der Waals surface area contributed by atoms with Crippen LogP contribution in [0, 0.1) is 0 Å². The molecule has 0 atom stereocenters. The van der Waals surface area contributed by atoms with Crippen LogP contribution < -0.4 is 11.1 Å². The summed E-state index contributed by atoms with van der Waals surface area (Å²) < 4.78 is 0. The number of aromatic hydroxyl groups is 1. The number of phenolic OH excluding ortho intramolecular Hbond substituents is 1. The summed E-state index contributed by atoms with van der Waals surface area (Å²) in [7, 11) is 3.30. The van der Waals surface area contributed by atoms with Gasteiger partial charge < -0.3 is 21.1 Å². The second kappa shape index (κ2) is 6.08. The van der Waals surface area contributed by atoms with Crippen LogP contribution in [0.15, 0.2) is 30.3 Å². The molecule has 0 fully saturated rings. The van der Waals surface area contributed by atoms with Crippen molar-refractivity contribution in [3.63, 3.8) is 0 Å². The molecule has 1 heterocycles. The van der Waals surface area contributed by atoms with E-state index in [0.29, 0.717) is 23.6 Å². The molecule has 0 radical (unpaired) electrons. The summed E-state index contributed by atoms with van der Waals surface area (Å²) in [4.78, 5) is 13.1. The van der Waals surface area contributed by atoms with Crippen LogP contribution in [-0.4, -0.2) is 40.2 Å². The van der Waals surface area contributed by atoms with Crippen molar-refractivity contribution in [2.24, 2.45) is 0 Å². The van der Waals surface area contributed by atoms with Gasteiger partial charge in [-0.25, -0.2) is 0 Å². The number of nitrogens with two attached hydrogens (primary N) is 1. The molecular weight excluding hydrogens is 270 g/mol. The van der Waals surface area contributed by atoms with Crippen molar-refractivity contribution < 1.29 is 9.90 Å². The molecule has 1 amide bonds. The second-order valence-electron chi connectivity index (χ2n) is 4.75. The quantitative estimate of drug-likeness (QED) is 0.574. The molecule has 110 valence electrons. The van der Waals surface area contributed by atoms with E-state index in [0.717, 1.165) is 0 Å². The van der Waals surface area contributed by atoms with Gasteiger partial charge in [-0.15, -0.1) is 10.2 Å². The lowest BCUT2D eigenvalue weighted by molar-refractivity contribution is 0.0821. The van der Waals surface area contributed by atoms with Crippen molar-refractivity contribution in [1.82, 2.24) is 15.1 Å². The number of phenols is 1. The van der Waals surface area contributed by atoms with Crippen LogP contribution in [0.5, 0.6) is 5.75 Å². The predicted octanol–water partition coefficient (Wildman–Crippen LogP) is 1.08. The minimum atomic E-state index is -0.206. The van der Waals surface area contributed by atoms with Gasteiger partial charge >= 0.3 is 0 Å². The third-order valence-corrected chi connectivity index (χ3v) is 2.85. The van der Waals surface area contributed by atoms with Gasteiger partial charge in [-0.1, -0.05) is 0 Å². The fourth-order valence-corrected chi connectivity index (χ4v) is 1.70. The number of hydrogen-bond acceptors (Lipinski definition) is 6. The van der Waals surface area contributed by atoms with Gasteiger partial charge in [-0.05, 0) is 30.3 Å². The van der Waals surface area contributed by atoms with Crippen molar-refractivity contribution in [3.05, 3.63) is 41.6 Å². The van der Waals surface area contributed by atoms with Crippen LogP contribution in [0.1, 0.15) is 16.1 Å². The molecule has 21 heavy (non-hydrogen) atoms. The molecule has 0 spiro atoms. The van der Waals surface area contributed by atoms with E-state index < -0.39 is 0 Å². The topological polar surface area (TPSA) is 104 Å². The van der Waals surface area contributed by atoms with Gasteiger partial charge in [0.15, 0.2) is 5.69 Å². The fraction of sp³-hybridized carbons (Fsp3) is 0.214. The first-order valence-electron chi connectivity index (χ1n) is 6.34. The van der Waals surface area contributed by atoms with E-state index in [-0.39, 0.29) is 17.4 Å². The Balaban J connectivity index is 2.04. The van der Waals surface area contributed by atoms with Crippen molar-refractivity contribution in [3.8, 4) is 5.75 Å². The van der Waals surface area contributed by atoms with Crippen LogP contribution in [0.3, 0.4) is 0 Å². The number of aromatic nitrogens is 2. The first-order chi connectivity index (χ1) is 9.97. The number of hydrogen-bond donors (Lipinski definition) is 3. The number of anilines is 2. The van der Waals surface area contributed by atoms with E-state index in [1.807, 2.05) is 0 Å². The third kappa shape index (κ3) is 3.59. The lowest BCUT2D eigenvalue weighted by Gasteiger charge is -2.10. The van der Waals surface area contributed by atoms with E-state index in [1.165, 1.54) is 11.0 Å². The zero-order chi connectivity index (χ0) is 15.4. The normalized spacial score (nSPS) is 10.2. The number of rotatable bonds is 4. The maximum Gasteiger partial charge on any atom is 0.273 e. The highest BCUT2D eigenvalue weighted by Crippen LogP contribution is 2.20. The fourth-order valence-electron chi connectivity index (χ4n) is 1.70. The molecule has 0 aliphatic rings. The van der Waals surface area contributed by atoms with Gasteiger partial charge in [-0.3, -0.25) is 4.79 Å². The van der Waals surface area contributed by atoms with E-state index in [4.69, 9.17) is 5.73 Å². The summed E-state index contributed by atoms with van der Waals surface area (Å²) >= 11 is 0. The van der Waals surface area contributed by atoms with Crippen molar-refractivity contribution >= 4 is 17.4 Å². The summed E-state index contributed by atoms with van der Waals surface area (Å²) in [6.45, 7) is 0.354. The summed E-state index contributed by atoms with van der Waals surface area (Å²) in [6.07, 6.45) is 0. The van der Waals surface area contributed by atoms with E-state index >= 15 is 0 Å². The molecule has 0 saturated heterocycles. The molecule has 4 N–H and O–H groups in total. The predicted molar refractivity (Wildman–Crippen MR) is 79.9 cm³/mol. The molecule has 0 bridgehead atoms. The van der Waals surface area contributed by atoms with Gasteiger partial charge in [0.05, 0.1) is 0 Å². The molecule has 0 aliphatic carbocycles. The molecule has 7 nitrogen and oxygen atoms in total. The maximum absolute atomic E-state index is 11.7. The lowest BCUT2D eigenvalue weighted by atomic mass is 10.2. The smallest absolute Gasteiger partial charge is 0.273 e. The minimum absolute atomic E-state index is 0.157. The molecular formula is C14H17N5O2. The third-order valence-electron chi connectivity index (χ3n) is 2.85. The second-order valence-corrected chi connectivity index (χ2v) is 4.75. The Morgan fingerprint density at radius 1 is 1.29 bits per heavy atom. The average molecular weight is 287 g/mol. The van der Waals surface area contributed by atoms with Crippen molar-refractivity contribution in [1.29, 1.82) is 0 Å². The standard InChI is InChI=1S/C14H17N5O2/c1-19(2)14(21)11-4-6-13(18-17-11)16-8-9-7-10(15)3-5-12(9)20/h3-7,20H,8,15H2,1-2H3,(H,16,18). The Morgan fingerprint density at radius 3 is 2.67 bits per heavy atom. The molecule has 2 aromatic rings. The van der Waals surface area contributed by atoms with E-state index in [9.17, 15) is 9.90 Å². The molecule has 0 aliphatic heterocycles. The van der Waals surface area contributed by atoms with Gasteiger partial charge in [-0.2, -0.15) is 0 Å². The highest BCUT2D eigenvalue weighted by atomic mass is 16.3. The summed E-state index contributed by atoms with van der Waals surface area (Å²) in [6, 6.07) is 8.10. The zero-order valence-electron chi connectivity index (χ0n) is 11.9. The van der Waals surface area contributed by atoms with Gasteiger partial charge in [0, 0.05) is 31.9 Å². The first kappa shape index (κ1) is 14.6. The number of amides is 1. The Labute approximate surface area is 122 Å². The SMILES string of the molecule is CN(C)C(=O)c1ccc(NCc2cc(N)ccc2O)nn1. The lowest BCUT2D eigenvalue weighted by Crippen LogP contribution is -2.23. The molecule has 0 unspecified atom stereocenters. The number of nitrogens with one attached hydrogen (secondary N) is 1. The van der Waals surface area contributed by atoms with E-state index in [2.05, 4.69) is 15.5 Å². The number of carbonyl (C=O) groups is 1. The maximum atomic E-state index is 11.7. The average Bonchev–Trinajstić information content (AvgIpc) is 2.48. The van der Waals surface area contributed by atoms with Crippen LogP contribution >= 0.6 is 0 Å². The molecule has 2 rings (SSSR count). The van der Waals surface area contributed by atoms with Crippen LogP contribution in [0.4, 0.5) is 11.5 Å². The summed E-state index contributed by atoms with van der Waals surface area (Å²) in [5.74, 6) is 0.457. The minimum Gasteiger partial charge on any atom is -0.508 e. The number of nitrogen functional groups attached to an aromatic ring is 1. The van der Waals surface area contributed by atoms with Crippen molar-refractivity contribution in [2.45, 2.75) is 6.54 Å². The van der Waals surface area contributed by atoms with Crippen LogP contribution in [0.25, 0.3) is 0 Å².